The second-order valence-corrected chi connectivity index (χ2v) is 13.1. The van der Waals surface area contributed by atoms with E-state index in [2.05, 4.69) is 5.32 Å². The smallest absolute Gasteiger partial charge is 0.420 e. The van der Waals surface area contributed by atoms with Gasteiger partial charge < -0.3 is 29.0 Å². The first-order valence-corrected chi connectivity index (χ1v) is 14.8. The Morgan fingerprint density at radius 3 is 2.30 bits per heavy atom. The molecule has 5 rings (SSSR count). The molecule has 3 aromatic rings. The molecule has 2 aliphatic rings. The van der Waals surface area contributed by atoms with E-state index in [0.717, 1.165) is 5.56 Å². The van der Waals surface area contributed by atoms with Gasteiger partial charge in [-0.2, -0.15) is 13.2 Å². The maximum atomic E-state index is 14.5. The van der Waals surface area contributed by atoms with Crippen LogP contribution in [0.5, 0.6) is 5.75 Å². The van der Waals surface area contributed by atoms with Gasteiger partial charge in [-0.3, -0.25) is 0 Å². The highest BCUT2D eigenvalue weighted by Gasteiger charge is 2.44. The predicted octanol–water partition coefficient (Wildman–Crippen LogP) is 7.74. The van der Waals surface area contributed by atoms with Crippen LogP contribution in [-0.2, 0) is 37.3 Å². The van der Waals surface area contributed by atoms with Gasteiger partial charge in [0.25, 0.3) is 0 Å². The van der Waals surface area contributed by atoms with Gasteiger partial charge in [-0.05, 0) is 87.4 Å². The average Bonchev–Trinajstić information content (AvgIpc) is 2.91. The third-order valence-electron chi connectivity index (χ3n) is 7.84. The van der Waals surface area contributed by atoms with Gasteiger partial charge in [0.15, 0.2) is 5.79 Å². The Labute approximate surface area is 256 Å². The van der Waals surface area contributed by atoms with Crippen LogP contribution in [0.15, 0.2) is 60.7 Å². The van der Waals surface area contributed by atoms with E-state index in [1.165, 1.54) is 12.1 Å². The fourth-order valence-corrected chi connectivity index (χ4v) is 5.49. The molecule has 0 aromatic heterocycles. The summed E-state index contributed by atoms with van der Waals surface area (Å²) in [7, 11) is 0. The summed E-state index contributed by atoms with van der Waals surface area (Å²) in [5.74, 6) is -0.848. The van der Waals surface area contributed by atoms with Crippen molar-refractivity contribution in [3.8, 4) is 5.75 Å². The van der Waals surface area contributed by atoms with Crippen molar-refractivity contribution in [2.24, 2.45) is 5.92 Å². The lowest BCUT2D eigenvalue weighted by Crippen LogP contribution is -2.59. The Morgan fingerprint density at radius 1 is 0.977 bits per heavy atom. The predicted molar refractivity (Wildman–Crippen MR) is 159 cm³/mol. The van der Waals surface area contributed by atoms with Gasteiger partial charge in [0.1, 0.15) is 22.5 Å². The first-order valence-electron chi connectivity index (χ1n) is 14.8. The van der Waals surface area contributed by atoms with Crippen molar-refractivity contribution in [2.75, 3.05) is 19.8 Å². The highest BCUT2D eigenvalue weighted by molar-refractivity contribution is 5.89. The molecular weight excluding hydrogens is 575 g/mol. The molecule has 1 aliphatic heterocycles. The van der Waals surface area contributed by atoms with Crippen molar-refractivity contribution in [1.29, 1.82) is 0 Å². The van der Waals surface area contributed by atoms with Crippen LogP contribution in [0.3, 0.4) is 0 Å². The molecule has 1 saturated carbocycles. The second kappa shape index (κ2) is 12.2. The number of carbonyl (C=O) groups is 1. The Morgan fingerprint density at radius 2 is 1.66 bits per heavy atom. The topological polar surface area (TPSA) is 75.3 Å². The highest BCUT2D eigenvalue weighted by atomic mass is 19.4. The van der Waals surface area contributed by atoms with E-state index in [0.29, 0.717) is 37.0 Å². The van der Waals surface area contributed by atoms with Gasteiger partial charge in [0.2, 0.25) is 0 Å². The summed E-state index contributed by atoms with van der Waals surface area (Å²) in [6.07, 6.45) is -4.41. The van der Waals surface area contributed by atoms with E-state index in [1.54, 1.807) is 52.8 Å². The van der Waals surface area contributed by atoms with Crippen LogP contribution in [0.25, 0.3) is 10.8 Å². The van der Waals surface area contributed by atoms with Gasteiger partial charge >= 0.3 is 12.3 Å². The monoisotopic (exact) mass is 615 g/mol. The second-order valence-electron chi connectivity index (χ2n) is 13.1. The molecule has 2 fully saturated rings. The lowest BCUT2D eigenvalue weighted by Gasteiger charge is -2.44. The summed E-state index contributed by atoms with van der Waals surface area (Å²) < 4.78 is 72.4. The number of ether oxygens (including phenoxy) is 5. The van der Waals surface area contributed by atoms with Crippen LogP contribution in [0.1, 0.15) is 64.2 Å². The van der Waals surface area contributed by atoms with Gasteiger partial charge in [-0.25, -0.2) is 4.79 Å². The normalized spacial score (nSPS) is 21.4. The van der Waals surface area contributed by atoms with Crippen molar-refractivity contribution < 1.29 is 41.7 Å². The first kappa shape index (κ1) is 32.1. The fraction of sp³-hybridized carbons (Fsp3) is 0.500. The van der Waals surface area contributed by atoms with Gasteiger partial charge in [0.05, 0.1) is 32.5 Å². The number of hydrogen-bond donors (Lipinski definition) is 1. The average molecular weight is 616 g/mol. The molecule has 1 heterocycles. The van der Waals surface area contributed by atoms with Crippen LogP contribution in [0.4, 0.5) is 18.0 Å². The molecule has 1 aliphatic carbocycles. The Bertz CT molecular complexity index is 1450. The fourth-order valence-electron chi connectivity index (χ4n) is 5.49. The van der Waals surface area contributed by atoms with Crippen molar-refractivity contribution in [3.63, 3.8) is 0 Å². The van der Waals surface area contributed by atoms with Crippen LogP contribution in [0.2, 0.25) is 0 Å². The zero-order valence-electron chi connectivity index (χ0n) is 25.8. The van der Waals surface area contributed by atoms with E-state index in [9.17, 15) is 18.0 Å². The van der Waals surface area contributed by atoms with Crippen molar-refractivity contribution in [2.45, 2.75) is 83.3 Å². The number of rotatable bonds is 8. The van der Waals surface area contributed by atoms with Crippen molar-refractivity contribution in [3.05, 3.63) is 77.4 Å². The summed E-state index contributed by atoms with van der Waals surface area (Å²) in [5.41, 5.74) is -1.14. The maximum absolute atomic E-state index is 14.5. The van der Waals surface area contributed by atoms with E-state index < -0.39 is 34.8 Å². The SMILES string of the molecule is CC(C)(C)OC(=O)NC1(c2ccc3c(C(F)(F)F)c(OC4CC(COCc5ccccc5)C4)ccc3c2)COC(C)(C)OC1. The molecule has 10 heteroatoms. The standard InChI is InChI=1S/C34H40F3NO6/c1-31(2,3)44-30(39)38-33(20-41-32(4,5)42-21-33)25-12-13-27-24(17-25)11-14-28(29(27)34(35,36)37)43-26-15-23(16-26)19-40-18-22-9-7-6-8-10-22/h6-14,17,23,26H,15-16,18-21H2,1-5H3,(H,38,39). The number of amides is 1. The summed E-state index contributed by atoms with van der Waals surface area (Å²) in [6.45, 7) is 9.85. The Kier molecular flexibility index (Phi) is 8.90. The van der Waals surface area contributed by atoms with Crippen molar-refractivity contribution >= 4 is 16.9 Å². The maximum Gasteiger partial charge on any atom is 0.420 e. The molecule has 1 saturated heterocycles. The Hall–Kier alpha value is -3.34. The number of hydrogen-bond acceptors (Lipinski definition) is 6. The van der Waals surface area contributed by atoms with Gasteiger partial charge in [0, 0.05) is 0 Å². The number of benzene rings is 3. The number of halogens is 3. The summed E-state index contributed by atoms with van der Waals surface area (Å²) in [4.78, 5) is 12.8. The van der Waals surface area contributed by atoms with E-state index in [-0.39, 0.29) is 36.4 Å². The van der Waals surface area contributed by atoms with Gasteiger partial charge in [-0.1, -0.05) is 48.5 Å². The van der Waals surface area contributed by atoms with Crippen LogP contribution in [0, 0.1) is 5.92 Å². The third kappa shape index (κ3) is 7.65. The zero-order chi connectivity index (χ0) is 31.8. The van der Waals surface area contributed by atoms with Gasteiger partial charge in [-0.15, -0.1) is 0 Å². The molecule has 0 radical (unpaired) electrons. The molecule has 0 spiro atoms. The molecule has 3 aromatic carbocycles. The minimum atomic E-state index is -4.65. The molecule has 0 atom stereocenters. The van der Waals surface area contributed by atoms with E-state index in [4.69, 9.17) is 23.7 Å². The largest absolute Gasteiger partial charge is 0.490 e. The Balaban J connectivity index is 1.34. The van der Waals surface area contributed by atoms with E-state index in [1.807, 2.05) is 30.3 Å². The van der Waals surface area contributed by atoms with Crippen LogP contribution in [-0.4, -0.2) is 43.4 Å². The zero-order valence-corrected chi connectivity index (χ0v) is 25.8. The first-order chi connectivity index (χ1) is 20.6. The number of alkyl carbamates (subject to hydrolysis) is 1. The molecule has 1 N–H and O–H groups in total. The number of nitrogens with one attached hydrogen (secondary N) is 1. The number of fused-ring (bicyclic) bond motifs is 1. The molecule has 44 heavy (non-hydrogen) atoms. The minimum Gasteiger partial charge on any atom is -0.490 e. The molecule has 0 unspecified atom stereocenters. The lowest BCUT2D eigenvalue weighted by atomic mass is 9.83. The van der Waals surface area contributed by atoms with Crippen LogP contribution >= 0.6 is 0 Å². The van der Waals surface area contributed by atoms with E-state index >= 15 is 0 Å². The van der Waals surface area contributed by atoms with Crippen molar-refractivity contribution in [1.82, 2.24) is 5.32 Å². The third-order valence-corrected chi connectivity index (χ3v) is 7.84. The molecule has 1 amide bonds. The quantitative estimate of drug-likeness (QED) is 0.280. The number of alkyl halides is 3. The summed E-state index contributed by atoms with van der Waals surface area (Å²) in [6, 6.07) is 17.4. The molecule has 238 valence electrons. The molecule has 7 nitrogen and oxygen atoms in total. The molecule has 0 bridgehead atoms. The summed E-state index contributed by atoms with van der Waals surface area (Å²) >= 11 is 0. The van der Waals surface area contributed by atoms with Crippen LogP contribution < -0.4 is 10.1 Å². The molecular formula is C34H40F3NO6. The summed E-state index contributed by atoms with van der Waals surface area (Å²) in [5, 5.41) is 3.22. The highest BCUT2D eigenvalue weighted by Crippen LogP contribution is 2.44. The lowest BCUT2D eigenvalue weighted by molar-refractivity contribution is -0.272. The number of carbonyl (C=O) groups excluding carboxylic acids is 1. The minimum absolute atomic E-state index is 0.00575.